The number of methoxy groups -OCH3 is 1. The Bertz CT molecular complexity index is 1150. The monoisotopic (exact) mass is 445 g/mol. The lowest BCUT2D eigenvalue weighted by atomic mass is 10.1. The lowest BCUT2D eigenvalue weighted by Crippen LogP contribution is -2.02. The number of alkyl halides is 1. The molecule has 0 saturated carbocycles. The molecule has 0 amide bonds. The van der Waals surface area contributed by atoms with Gasteiger partial charge in [-0.2, -0.15) is 5.26 Å². The summed E-state index contributed by atoms with van der Waals surface area (Å²) in [7, 11) is 1.55. The first-order chi connectivity index (χ1) is 14.7. The van der Waals surface area contributed by atoms with Gasteiger partial charge in [0.15, 0.2) is 23.0 Å². The van der Waals surface area contributed by atoms with Crippen LogP contribution >= 0.6 is 23.2 Å². The zero-order valence-electron chi connectivity index (χ0n) is 16.0. The number of anilines is 2. The molecule has 0 fully saturated rings. The summed E-state index contributed by atoms with van der Waals surface area (Å²) in [5.41, 5.74) is 2.00. The Morgan fingerprint density at radius 3 is 2.87 bits per heavy atom. The number of rotatable bonds is 7. The highest BCUT2D eigenvalue weighted by molar-refractivity contribution is 6.34. The molecule has 154 valence electrons. The van der Waals surface area contributed by atoms with Gasteiger partial charge >= 0.3 is 0 Å². The summed E-state index contributed by atoms with van der Waals surface area (Å²) < 4.78 is 22.3. The van der Waals surface area contributed by atoms with Gasteiger partial charge in [-0.1, -0.05) is 11.6 Å². The van der Waals surface area contributed by atoms with E-state index in [0.717, 1.165) is 0 Å². The second-order valence-corrected chi connectivity index (χ2v) is 7.14. The van der Waals surface area contributed by atoms with E-state index in [4.69, 9.17) is 42.1 Å². The minimum absolute atomic E-state index is 0.101. The molecule has 3 aromatic rings. The van der Waals surface area contributed by atoms with Crippen LogP contribution in [0.2, 0.25) is 5.02 Å². The van der Waals surface area contributed by atoms with Crippen molar-refractivity contribution in [3.8, 4) is 29.1 Å². The first kappa shape index (κ1) is 20.2. The molecular formula is C21H17Cl2N3O4. The molecule has 0 unspecified atom stereocenters. The zero-order valence-corrected chi connectivity index (χ0v) is 17.5. The molecule has 0 bridgehead atoms. The quantitative estimate of drug-likeness (QED) is 0.392. The van der Waals surface area contributed by atoms with Crippen LogP contribution in [0.5, 0.6) is 23.0 Å². The number of nitriles is 1. The Labute approximate surface area is 183 Å². The third-order valence-electron chi connectivity index (χ3n) is 4.55. The van der Waals surface area contributed by atoms with Crippen LogP contribution in [0.4, 0.5) is 11.4 Å². The molecule has 0 saturated heterocycles. The van der Waals surface area contributed by atoms with Crippen LogP contribution in [0.3, 0.4) is 0 Å². The molecule has 0 aliphatic carbocycles. The zero-order chi connectivity index (χ0) is 21.1. The molecule has 0 radical (unpaired) electrons. The number of halogens is 2. The maximum atomic E-state index is 9.66. The normalized spacial score (nSPS) is 11.9. The third-order valence-corrected chi connectivity index (χ3v) is 5.13. The molecule has 30 heavy (non-hydrogen) atoms. The lowest BCUT2D eigenvalue weighted by molar-refractivity contribution is 0.174. The molecule has 2 heterocycles. The number of aromatic nitrogens is 1. The van der Waals surface area contributed by atoms with E-state index in [-0.39, 0.29) is 6.79 Å². The van der Waals surface area contributed by atoms with Crippen LogP contribution in [0.15, 0.2) is 30.5 Å². The summed E-state index contributed by atoms with van der Waals surface area (Å²) in [6.07, 6.45) is 2.20. The topological polar surface area (TPSA) is 85.6 Å². The minimum Gasteiger partial charge on any atom is -0.493 e. The Kier molecular flexibility index (Phi) is 5.88. The summed E-state index contributed by atoms with van der Waals surface area (Å²) >= 11 is 12.1. The summed E-state index contributed by atoms with van der Waals surface area (Å²) in [4.78, 5) is 4.40. The Hall–Kier alpha value is -3.08. The van der Waals surface area contributed by atoms with E-state index in [1.165, 1.54) is 6.20 Å². The summed E-state index contributed by atoms with van der Waals surface area (Å²) in [6, 6.07) is 9.15. The molecule has 1 aromatic heterocycles. The van der Waals surface area contributed by atoms with Gasteiger partial charge in [-0.15, -0.1) is 11.6 Å². The summed E-state index contributed by atoms with van der Waals surface area (Å²) in [5.74, 6) is 2.63. The van der Waals surface area contributed by atoms with E-state index in [9.17, 15) is 5.26 Å². The van der Waals surface area contributed by atoms with E-state index in [1.807, 2.05) is 0 Å². The van der Waals surface area contributed by atoms with Crippen LogP contribution in [-0.4, -0.2) is 31.4 Å². The number of benzene rings is 2. The molecular weight excluding hydrogens is 429 g/mol. The second kappa shape index (κ2) is 8.74. The highest BCUT2D eigenvalue weighted by Crippen LogP contribution is 2.46. The lowest BCUT2D eigenvalue weighted by Gasteiger charge is -2.16. The number of hydrogen-bond acceptors (Lipinski definition) is 7. The van der Waals surface area contributed by atoms with Gasteiger partial charge in [0, 0.05) is 23.5 Å². The molecule has 7 nitrogen and oxygen atoms in total. The van der Waals surface area contributed by atoms with Gasteiger partial charge in [0.05, 0.1) is 35.5 Å². The summed E-state index contributed by atoms with van der Waals surface area (Å²) in [6.45, 7) is 0.555. The van der Waals surface area contributed by atoms with Gasteiger partial charge in [-0.25, -0.2) is 0 Å². The standard InChI is InChI=1S/C21H17Cl2N3O4/c1-27-17-7-13-15(8-18(17)28-6-2-5-22)25-10-12(9-24)19(13)26-20-14(23)3-4-16-21(20)30-11-29-16/h3-4,7-8,10H,2,5-6,11H2,1H3,(H,25,26). The molecule has 9 heteroatoms. The first-order valence-electron chi connectivity index (χ1n) is 9.11. The van der Waals surface area contributed by atoms with Gasteiger partial charge in [0.25, 0.3) is 0 Å². The van der Waals surface area contributed by atoms with Crippen molar-refractivity contribution in [2.45, 2.75) is 6.42 Å². The number of fused-ring (bicyclic) bond motifs is 2. The van der Waals surface area contributed by atoms with Crippen LogP contribution in [0, 0.1) is 11.3 Å². The Morgan fingerprint density at radius 2 is 2.10 bits per heavy atom. The van der Waals surface area contributed by atoms with Crippen molar-refractivity contribution in [2.75, 3.05) is 31.7 Å². The number of pyridine rings is 1. The average molecular weight is 446 g/mol. The van der Waals surface area contributed by atoms with E-state index in [2.05, 4.69) is 16.4 Å². The molecule has 1 aliphatic heterocycles. The molecule has 1 aliphatic rings. The molecule has 0 atom stereocenters. The largest absolute Gasteiger partial charge is 0.493 e. The van der Waals surface area contributed by atoms with Crippen molar-refractivity contribution in [3.05, 3.63) is 41.0 Å². The van der Waals surface area contributed by atoms with Crippen molar-refractivity contribution >= 4 is 45.5 Å². The van der Waals surface area contributed by atoms with Gasteiger partial charge in [0.1, 0.15) is 11.8 Å². The highest BCUT2D eigenvalue weighted by Gasteiger charge is 2.23. The number of nitrogens with one attached hydrogen (secondary N) is 1. The predicted octanol–water partition coefficient (Wildman–Crippen LogP) is 5.25. The van der Waals surface area contributed by atoms with Crippen molar-refractivity contribution in [1.29, 1.82) is 5.26 Å². The first-order valence-corrected chi connectivity index (χ1v) is 10.0. The Balaban J connectivity index is 1.83. The van der Waals surface area contributed by atoms with Crippen LogP contribution in [0.1, 0.15) is 12.0 Å². The van der Waals surface area contributed by atoms with Crippen LogP contribution in [-0.2, 0) is 0 Å². The van der Waals surface area contributed by atoms with Gasteiger partial charge in [-0.3, -0.25) is 4.98 Å². The molecule has 0 spiro atoms. The van der Waals surface area contributed by atoms with Crippen molar-refractivity contribution < 1.29 is 18.9 Å². The fourth-order valence-electron chi connectivity index (χ4n) is 3.12. The van der Waals surface area contributed by atoms with E-state index in [1.54, 1.807) is 31.4 Å². The minimum atomic E-state index is 0.101. The maximum absolute atomic E-state index is 9.66. The third kappa shape index (κ3) is 3.72. The van der Waals surface area contributed by atoms with Crippen LogP contribution < -0.4 is 24.3 Å². The van der Waals surface area contributed by atoms with Crippen molar-refractivity contribution in [2.24, 2.45) is 0 Å². The van der Waals surface area contributed by atoms with Gasteiger partial charge in [-0.05, 0) is 24.6 Å². The fraction of sp³-hybridized carbons (Fsp3) is 0.238. The van der Waals surface area contributed by atoms with Crippen LogP contribution in [0.25, 0.3) is 10.9 Å². The average Bonchev–Trinajstić information content (AvgIpc) is 3.24. The predicted molar refractivity (Wildman–Crippen MR) is 115 cm³/mol. The van der Waals surface area contributed by atoms with Gasteiger partial charge in [0.2, 0.25) is 6.79 Å². The number of ether oxygens (including phenoxy) is 4. The van der Waals surface area contributed by atoms with Crippen molar-refractivity contribution in [1.82, 2.24) is 4.98 Å². The second-order valence-electron chi connectivity index (χ2n) is 6.35. The summed E-state index contributed by atoms with van der Waals surface area (Å²) in [5, 5.41) is 14.0. The molecule has 1 N–H and O–H groups in total. The van der Waals surface area contributed by atoms with E-state index < -0.39 is 0 Å². The smallest absolute Gasteiger partial charge is 0.231 e. The molecule has 4 rings (SSSR count). The van der Waals surface area contributed by atoms with Gasteiger partial charge < -0.3 is 24.3 Å². The fourth-order valence-corrected chi connectivity index (χ4v) is 3.42. The highest BCUT2D eigenvalue weighted by atomic mass is 35.5. The molecule has 2 aromatic carbocycles. The Morgan fingerprint density at radius 1 is 1.23 bits per heavy atom. The number of nitrogens with zero attached hydrogens (tertiary/aromatic N) is 2. The maximum Gasteiger partial charge on any atom is 0.231 e. The van der Waals surface area contributed by atoms with E-state index in [0.29, 0.717) is 74.8 Å². The van der Waals surface area contributed by atoms with E-state index >= 15 is 0 Å². The SMILES string of the molecule is COc1cc2c(Nc3c(Cl)ccc4c3OCO4)c(C#N)cnc2cc1OCCCCl. The van der Waals surface area contributed by atoms with Crippen molar-refractivity contribution in [3.63, 3.8) is 0 Å². The number of hydrogen-bond donors (Lipinski definition) is 1.